The highest BCUT2D eigenvalue weighted by Crippen LogP contribution is 2.38. The van der Waals surface area contributed by atoms with E-state index >= 15 is 0 Å². The Morgan fingerprint density at radius 1 is 0.828 bits per heavy atom. The second-order valence-corrected chi connectivity index (χ2v) is 7.44. The molecule has 1 unspecified atom stereocenters. The van der Waals surface area contributed by atoms with Gasteiger partial charge in [-0.2, -0.15) is 0 Å². The molecule has 0 saturated heterocycles. The SMILES string of the molecule is CCCCC(C)(c1ccc(OC)cc1)c1ccc(OC(=O)c2ccccc2)cc1. The molecule has 3 heteroatoms. The zero-order valence-corrected chi connectivity index (χ0v) is 17.4. The highest BCUT2D eigenvalue weighted by Gasteiger charge is 2.28. The first kappa shape index (κ1) is 20.7. The Kier molecular flexibility index (Phi) is 6.71. The summed E-state index contributed by atoms with van der Waals surface area (Å²) in [5.74, 6) is 1.06. The lowest BCUT2D eigenvalue weighted by molar-refractivity contribution is 0.0734. The predicted octanol–water partition coefficient (Wildman–Crippen LogP) is 6.41. The minimum atomic E-state index is -0.345. The monoisotopic (exact) mass is 388 g/mol. The van der Waals surface area contributed by atoms with Gasteiger partial charge in [0.2, 0.25) is 0 Å². The van der Waals surface area contributed by atoms with Crippen molar-refractivity contribution in [2.24, 2.45) is 0 Å². The van der Waals surface area contributed by atoms with Gasteiger partial charge in [-0.1, -0.05) is 69.2 Å². The fourth-order valence-electron chi connectivity index (χ4n) is 3.58. The number of ether oxygens (including phenoxy) is 2. The second kappa shape index (κ2) is 9.42. The maximum Gasteiger partial charge on any atom is 0.343 e. The van der Waals surface area contributed by atoms with Crippen molar-refractivity contribution in [3.05, 3.63) is 95.6 Å². The summed E-state index contributed by atoms with van der Waals surface area (Å²) in [5, 5.41) is 0. The molecule has 0 amide bonds. The molecule has 0 saturated carbocycles. The number of unbranched alkanes of at least 4 members (excludes halogenated alkanes) is 1. The van der Waals surface area contributed by atoms with E-state index in [1.807, 2.05) is 42.5 Å². The third kappa shape index (κ3) is 4.86. The van der Waals surface area contributed by atoms with Gasteiger partial charge in [-0.15, -0.1) is 0 Å². The standard InChI is InChI=1S/C26H28O3/c1-4-5-19-26(2,21-11-15-23(28-3)16-12-21)22-13-17-24(18-14-22)29-25(27)20-9-7-6-8-10-20/h6-18H,4-5,19H2,1-3H3. The van der Waals surface area contributed by atoms with Crippen LogP contribution in [0.15, 0.2) is 78.9 Å². The minimum Gasteiger partial charge on any atom is -0.497 e. The molecule has 0 aliphatic heterocycles. The average Bonchev–Trinajstić information content (AvgIpc) is 2.78. The number of hydrogen-bond acceptors (Lipinski definition) is 3. The molecule has 0 bridgehead atoms. The van der Waals surface area contributed by atoms with Crippen molar-refractivity contribution in [3.63, 3.8) is 0 Å². The van der Waals surface area contributed by atoms with Crippen molar-refractivity contribution in [1.29, 1.82) is 0 Å². The molecule has 3 rings (SSSR count). The van der Waals surface area contributed by atoms with Gasteiger partial charge < -0.3 is 9.47 Å². The summed E-state index contributed by atoms with van der Waals surface area (Å²) in [5.41, 5.74) is 2.88. The molecule has 29 heavy (non-hydrogen) atoms. The topological polar surface area (TPSA) is 35.5 Å². The molecule has 3 aromatic rings. The van der Waals surface area contributed by atoms with E-state index in [9.17, 15) is 4.79 Å². The number of carbonyl (C=O) groups is 1. The van der Waals surface area contributed by atoms with Gasteiger partial charge in [0.15, 0.2) is 0 Å². The molecule has 3 aromatic carbocycles. The third-order valence-electron chi connectivity index (χ3n) is 5.47. The quantitative estimate of drug-likeness (QED) is 0.330. The normalized spacial score (nSPS) is 12.8. The van der Waals surface area contributed by atoms with Gasteiger partial charge in [0, 0.05) is 5.41 Å². The number of rotatable bonds is 8. The number of benzene rings is 3. The molecule has 0 aliphatic carbocycles. The van der Waals surface area contributed by atoms with Crippen molar-refractivity contribution >= 4 is 5.97 Å². The molecule has 150 valence electrons. The molecule has 0 aliphatic rings. The number of methoxy groups -OCH3 is 1. The highest BCUT2D eigenvalue weighted by atomic mass is 16.5. The van der Waals surface area contributed by atoms with Gasteiger partial charge in [-0.25, -0.2) is 4.79 Å². The van der Waals surface area contributed by atoms with Gasteiger partial charge in [-0.3, -0.25) is 0 Å². The summed E-state index contributed by atoms with van der Waals surface area (Å²) in [4.78, 5) is 12.3. The first-order chi connectivity index (χ1) is 14.1. The molecule has 0 N–H and O–H groups in total. The zero-order valence-electron chi connectivity index (χ0n) is 17.4. The van der Waals surface area contributed by atoms with Gasteiger partial charge in [0.05, 0.1) is 12.7 Å². The molecule has 1 atom stereocenters. The van der Waals surface area contributed by atoms with Crippen LogP contribution in [0.2, 0.25) is 0 Å². The Balaban J connectivity index is 1.83. The Morgan fingerprint density at radius 3 is 1.90 bits per heavy atom. The smallest absolute Gasteiger partial charge is 0.343 e. The highest BCUT2D eigenvalue weighted by molar-refractivity contribution is 5.90. The van der Waals surface area contributed by atoms with E-state index in [0.717, 1.165) is 25.0 Å². The lowest BCUT2D eigenvalue weighted by Gasteiger charge is -2.31. The van der Waals surface area contributed by atoms with E-state index in [-0.39, 0.29) is 11.4 Å². The van der Waals surface area contributed by atoms with Crippen molar-refractivity contribution in [2.75, 3.05) is 7.11 Å². The molecule has 0 fully saturated rings. The Bertz CT molecular complexity index is 914. The van der Waals surface area contributed by atoms with Crippen LogP contribution >= 0.6 is 0 Å². The Morgan fingerprint density at radius 2 is 1.38 bits per heavy atom. The Hall–Kier alpha value is -3.07. The number of carbonyl (C=O) groups excluding carboxylic acids is 1. The van der Waals surface area contributed by atoms with Crippen LogP contribution in [0.25, 0.3) is 0 Å². The van der Waals surface area contributed by atoms with Crippen molar-refractivity contribution in [2.45, 2.75) is 38.5 Å². The fourth-order valence-corrected chi connectivity index (χ4v) is 3.58. The lowest BCUT2D eigenvalue weighted by Crippen LogP contribution is -2.23. The summed E-state index contributed by atoms with van der Waals surface area (Å²) in [6, 6.07) is 25.2. The van der Waals surface area contributed by atoms with Crippen LogP contribution in [0.3, 0.4) is 0 Å². The van der Waals surface area contributed by atoms with Gasteiger partial charge in [0.25, 0.3) is 0 Å². The van der Waals surface area contributed by atoms with Crippen LogP contribution in [-0.2, 0) is 5.41 Å². The molecule has 0 spiro atoms. The summed E-state index contributed by atoms with van der Waals surface area (Å²) >= 11 is 0. The molecule has 0 heterocycles. The summed E-state index contributed by atoms with van der Waals surface area (Å²) < 4.78 is 10.8. The van der Waals surface area contributed by atoms with E-state index in [4.69, 9.17) is 9.47 Å². The van der Waals surface area contributed by atoms with E-state index in [2.05, 4.69) is 38.1 Å². The molecular formula is C26H28O3. The maximum atomic E-state index is 12.3. The molecule has 0 aromatic heterocycles. The van der Waals surface area contributed by atoms with Crippen LogP contribution in [0.5, 0.6) is 11.5 Å². The van der Waals surface area contributed by atoms with Crippen LogP contribution in [0, 0.1) is 0 Å². The number of esters is 1. The predicted molar refractivity (Wildman–Crippen MR) is 117 cm³/mol. The first-order valence-electron chi connectivity index (χ1n) is 10.1. The maximum absolute atomic E-state index is 12.3. The zero-order chi connectivity index (χ0) is 20.7. The minimum absolute atomic E-state index is 0.121. The molecule has 0 radical (unpaired) electrons. The van der Waals surface area contributed by atoms with Crippen molar-refractivity contribution < 1.29 is 14.3 Å². The largest absolute Gasteiger partial charge is 0.497 e. The van der Waals surface area contributed by atoms with Crippen LogP contribution in [0.1, 0.15) is 54.6 Å². The third-order valence-corrected chi connectivity index (χ3v) is 5.47. The van der Waals surface area contributed by atoms with E-state index in [1.165, 1.54) is 11.1 Å². The van der Waals surface area contributed by atoms with Gasteiger partial charge in [-0.05, 0) is 53.9 Å². The lowest BCUT2D eigenvalue weighted by atomic mass is 9.73. The summed E-state index contributed by atoms with van der Waals surface area (Å²) in [6.07, 6.45) is 3.31. The van der Waals surface area contributed by atoms with E-state index in [1.54, 1.807) is 19.2 Å². The van der Waals surface area contributed by atoms with Gasteiger partial charge >= 0.3 is 5.97 Å². The van der Waals surface area contributed by atoms with Gasteiger partial charge in [0.1, 0.15) is 11.5 Å². The molecule has 3 nitrogen and oxygen atoms in total. The van der Waals surface area contributed by atoms with Crippen LogP contribution < -0.4 is 9.47 Å². The molecular weight excluding hydrogens is 360 g/mol. The first-order valence-corrected chi connectivity index (χ1v) is 10.1. The van der Waals surface area contributed by atoms with E-state index in [0.29, 0.717) is 11.3 Å². The Labute approximate surface area is 173 Å². The van der Waals surface area contributed by atoms with Crippen molar-refractivity contribution in [1.82, 2.24) is 0 Å². The van der Waals surface area contributed by atoms with Crippen molar-refractivity contribution in [3.8, 4) is 11.5 Å². The summed E-state index contributed by atoms with van der Waals surface area (Å²) in [6.45, 7) is 4.48. The van der Waals surface area contributed by atoms with Crippen LogP contribution in [-0.4, -0.2) is 13.1 Å². The second-order valence-electron chi connectivity index (χ2n) is 7.44. The van der Waals surface area contributed by atoms with E-state index < -0.39 is 0 Å². The fraction of sp³-hybridized carbons (Fsp3) is 0.269. The summed E-state index contributed by atoms with van der Waals surface area (Å²) in [7, 11) is 1.68. The van der Waals surface area contributed by atoms with Crippen LogP contribution in [0.4, 0.5) is 0 Å². The average molecular weight is 389 g/mol. The number of hydrogen-bond donors (Lipinski definition) is 0.